The molecule has 3 nitrogen and oxygen atoms in total. The lowest BCUT2D eigenvalue weighted by molar-refractivity contribution is 0.793. The normalized spacial score (nSPS) is 11.4. The van der Waals surface area contributed by atoms with Gasteiger partial charge in [-0.25, -0.2) is 4.98 Å². The molecular formula is C9H11N3S. The van der Waals surface area contributed by atoms with Gasteiger partial charge in [0.2, 0.25) is 0 Å². The molecule has 0 spiro atoms. The molecule has 0 aliphatic rings. The lowest BCUT2D eigenvalue weighted by Gasteiger charge is -2.04. The molecule has 0 fully saturated rings. The number of fused-ring (bicyclic) bond motifs is 1. The van der Waals surface area contributed by atoms with E-state index in [0.717, 1.165) is 16.9 Å². The van der Waals surface area contributed by atoms with Crippen molar-refractivity contribution in [1.82, 2.24) is 15.2 Å². The first-order valence-corrected chi connectivity index (χ1v) is 5.14. The Kier molecular flexibility index (Phi) is 2.00. The molecule has 2 heterocycles. The lowest BCUT2D eigenvalue weighted by atomic mass is 10.1. The molecule has 2 aromatic heterocycles. The second-order valence-electron chi connectivity index (χ2n) is 3.36. The summed E-state index contributed by atoms with van der Waals surface area (Å²) in [6.45, 7) is 6.19. The summed E-state index contributed by atoms with van der Waals surface area (Å²) in [5.41, 5.74) is 4.83. The van der Waals surface area contributed by atoms with E-state index >= 15 is 0 Å². The van der Waals surface area contributed by atoms with E-state index in [0.29, 0.717) is 5.92 Å². The van der Waals surface area contributed by atoms with Crippen molar-refractivity contribution in [3.8, 4) is 0 Å². The Bertz CT molecular complexity index is 433. The van der Waals surface area contributed by atoms with Crippen molar-refractivity contribution in [2.45, 2.75) is 26.7 Å². The molecule has 13 heavy (non-hydrogen) atoms. The molecule has 0 bridgehead atoms. The van der Waals surface area contributed by atoms with Gasteiger partial charge in [0.1, 0.15) is 5.52 Å². The molecule has 0 aliphatic heterocycles. The van der Waals surface area contributed by atoms with Crippen LogP contribution in [0.25, 0.3) is 10.2 Å². The Morgan fingerprint density at radius 1 is 1.31 bits per heavy atom. The molecule has 68 valence electrons. The highest BCUT2D eigenvalue weighted by Gasteiger charge is 2.11. The smallest absolute Gasteiger partial charge is 0.106 e. The maximum absolute atomic E-state index is 4.28. The Morgan fingerprint density at radius 3 is 2.77 bits per heavy atom. The third-order valence-electron chi connectivity index (χ3n) is 2.00. The molecule has 0 aliphatic carbocycles. The molecule has 0 N–H and O–H groups in total. The fourth-order valence-corrected chi connectivity index (χ4v) is 2.26. The van der Waals surface area contributed by atoms with Gasteiger partial charge in [-0.3, -0.25) is 0 Å². The third-order valence-corrected chi connectivity index (χ3v) is 2.85. The third kappa shape index (κ3) is 1.31. The summed E-state index contributed by atoms with van der Waals surface area (Å²) >= 11 is 1.64. The highest BCUT2D eigenvalue weighted by Crippen LogP contribution is 2.26. The molecule has 4 heteroatoms. The fourth-order valence-electron chi connectivity index (χ4n) is 1.28. The second-order valence-corrected chi connectivity index (χ2v) is 4.21. The van der Waals surface area contributed by atoms with E-state index in [1.165, 1.54) is 4.70 Å². The first kappa shape index (κ1) is 8.56. The van der Waals surface area contributed by atoms with Crippen molar-refractivity contribution >= 4 is 21.6 Å². The number of hydrogen-bond acceptors (Lipinski definition) is 4. The van der Waals surface area contributed by atoms with E-state index in [-0.39, 0.29) is 0 Å². The van der Waals surface area contributed by atoms with Gasteiger partial charge in [0.15, 0.2) is 0 Å². The van der Waals surface area contributed by atoms with E-state index in [9.17, 15) is 0 Å². The first-order chi connectivity index (χ1) is 6.20. The molecule has 0 aromatic carbocycles. The summed E-state index contributed by atoms with van der Waals surface area (Å²) in [6, 6.07) is 0. The molecule has 0 saturated carbocycles. The van der Waals surface area contributed by atoms with Crippen molar-refractivity contribution < 1.29 is 0 Å². The minimum atomic E-state index is 0.413. The van der Waals surface area contributed by atoms with Crippen molar-refractivity contribution in [2.75, 3.05) is 0 Å². The standard InChI is InChI=1S/C9H11N3S/c1-5(2)7-9-8(10-4-13-9)6(3)11-12-7/h4-5H,1-3H3. The number of aromatic nitrogens is 3. The molecule has 0 amide bonds. The topological polar surface area (TPSA) is 38.7 Å². The van der Waals surface area contributed by atoms with Crippen LogP contribution in [0.3, 0.4) is 0 Å². The summed E-state index contributed by atoms with van der Waals surface area (Å²) in [7, 11) is 0. The van der Waals surface area contributed by atoms with Crippen LogP contribution in [0.4, 0.5) is 0 Å². The van der Waals surface area contributed by atoms with E-state index in [1.54, 1.807) is 11.3 Å². The fraction of sp³-hybridized carbons (Fsp3) is 0.444. The monoisotopic (exact) mass is 193 g/mol. The Balaban J connectivity index is 2.78. The van der Waals surface area contributed by atoms with Crippen LogP contribution in [0.5, 0.6) is 0 Å². The minimum Gasteiger partial charge on any atom is -0.243 e. The van der Waals surface area contributed by atoms with Crippen molar-refractivity contribution in [1.29, 1.82) is 0 Å². The zero-order valence-corrected chi connectivity index (χ0v) is 8.72. The van der Waals surface area contributed by atoms with Crippen molar-refractivity contribution in [3.63, 3.8) is 0 Å². The van der Waals surface area contributed by atoms with Gasteiger partial charge >= 0.3 is 0 Å². The minimum absolute atomic E-state index is 0.413. The summed E-state index contributed by atoms with van der Waals surface area (Å²) < 4.78 is 1.18. The first-order valence-electron chi connectivity index (χ1n) is 4.26. The molecule has 0 unspecified atom stereocenters. The average Bonchev–Trinajstić information content (AvgIpc) is 2.53. The highest BCUT2D eigenvalue weighted by atomic mass is 32.1. The number of aryl methyl sites for hydroxylation is 1. The van der Waals surface area contributed by atoms with Crippen LogP contribution < -0.4 is 0 Å². The zero-order chi connectivity index (χ0) is 9.42. The van der Waals surface area contributed by atoms with Gasteiger partial charge < -0.3 is 0 Å². The van der Waals surface area contributed by atoms with Crippen molar-refractivity contribution in [3.05, 3.63) is 16.9 Å². The second kappa shape index (κ2) is 3.03. The van der Waals surface area contributed by atoms with Gasteiger partial charge in [-0.2, -0.15) is 10.2 Å². The van der Waals surface area contributed by atoms with E-state index < -0.39 is 0 Å². The average molecular weight is 193 g/mol. The van der Waals surface area contributed by atoms with E-state index in [1.807, 2.05) is 12.4 Å². The van der Waals surface area contributed by atoms with Crippen LogP contribution in [-0.4, -0.2) is 15.2 Å². The van der Waals surface area contributed by atoms with Crippen LogP contribution in [-0.2, 0) is 0 Å². The highest BCUT2D eigenvalue weighted by molar-refractivity contribution is 7.16. The van der Waals surface area contributed by atoms with Crippen LogP contribution in [0, 0.1) is 6.92 Å². The molecule has 2 rings (SSSR count). The number of rotatable bonds is 1. The van der Waals surface area contributed by atoms with Crippen LogP contribution in [0.1, 0.15) is 31.2 Å². The Hall–Kier alpha value is -1.03. The molecule has 0 atom stereocenters. The number of nitrogens with zero attached hydrogens (tertiary/aromatic N) is 3. The molecular weight excluding hydrogens is 182 g/mol. The van der Waals surface area contributed by atoms with Crippen LogP contribution >= 0.6 is 11.3 Å². The van der Waals surface area contributed by atoms with Crippen LogP contribution in [0.15, 0.2) is 5.51 Å². The van der Waals surface area contributed by atoms with Gasteiger partial charge in [-0.15, -0.1) is 11.3 Å². The summed E-state index contributed by atoms with van der Waals surface area (Å²) in [4.78, 5) is 4.28. The summed E-state index contributed by atoms with van der Waals surface area (Å²) in [5.74, 6) is 0.413. The Morgan fingerprint density at radius 2 is 2.08 bits per heavy atom. The van der Waals surface area contributed by atoms with Gasteiger partial charge in [0.25, 0.3) is 0 Å². The molecule has 2 aromatic rings. The Labute approximate surface area is 80.8 Å². The van der Waals surface area contributed by atoms with Crippen LogP contribution in [0.2, 0.25) is 0 Å². The van der Waals surface area contributed by atoms with Gasteiger partial charge in [0.05, 0.1) is 21.6 Å². The van der Waals surface area contributed by atoms with E-state index in [2.05, 4.69) is 29.0 Å². The quantitative estimate of drug-likeness (QED) is 0.698. The molecule has 0 radical (unpaired) electrons. The maximum Gasteiger partial charge on any atom is 0.106 e. The SMILES string of the molecule is Cc1nnc(C(C)C)c2scnc12. The largest absolute Gasteiger partial charge is 0.243 e. The summed E-state index contributed by atoms with van der Waals surface area (Å²) in [5, 5.41) is 8.29. The summed E-state index contributed by atoms with van der Waals surface area (Å²) in [6.07, 6.45) is 0. The van der Waals surface area contributed by atoms with Gasteiger partial charge in [-0.05, 0) is 12.8 Å². The zero-order valence-electron chi connectivity index (χ0n) is 7.90. The van der Waals surface area contributed by atoms with E-state index in [4.69, 9.17) is 0 Å². The lowest BCUT2D eigenvalue weighted by Crippen LogP contribution is -1.97. The van der Waals surface area contributed by atoms with Crippen molar-refractivity contribution in [2.24, 2.45) is 0 Å². The predicted molar refractivity (Wildman–Crippen MR) is 54.0 cm³/mol. The van der Waals surface area contributed by atoms with Gasteiger partial charge in [0, 0.05) is 0 Å². The molecule has 0 saturated heterocycles. The number of thiazole rings is 1. The predicted octanol–water partition coefficient (Wildman–Crippen LogP) is 2.52. The number of hydrogen-bond donors (Lipinski definition) is 0. The van der Waals surface area contributed by atoms with Gasteiger partial charge in [-0.1, -0.05) is 13.8 Å². The maximum atomic E-state index is 4.28.